The lowest BCUT2D eigenvalue weighted by Gasteiger charge is -2.12. The molecule has 0 saturated heterocycles. The van der Waals surface area contributed by atoms with Gasteiger partial charge in [0, 0.05) is 11.3 Å². The van der Waals surface area contributed by atoms with Gasteiger partial charge in [-0.1, -0.05) is 6.92 Å². The molecule has 0 radical (unpaired) electrons. The Bertz CT molecular complexity index is 521. The van der Waals surface area contributed by atoms with Crippen molar-refractivity contribution in [2.24, 2.45) is 0 Å². The van der Waals surface area contributed by atoms with Gasteiger partial charge in [-0.2, -0.15) is 11.8 Å². The van der Waals surface area contributed by atoms with E-state index < -0.39 is 10.0 Å². The summed E-state index contributed by atoms with van der Waals surface area (Å²) in [5.74, 6) is 0.633. The molecule has 1 fully saturated rings. The van der Waals surface area contributed by atoms with Gasteiger partial charge in [0.25, 0.3) is 10.0 Å². The highest BCUT2D eigenvalue weighted by Gasteiger charge is 2.42. The van der Waals surface area contributed by atoms with Crippen molar-refractivity contribution in [2.45, 2.75) is 36.1 Å². The van der Waals surface area contributed by atoms with Crippen LogP contribution in [0.3, 0.4) is 0 Å². The molecule has 0 bridgehead atoms. The molecule has 1 aliphatic carbocycles. The van der Waals surface area contributed by atoms with E-state index in [2.05, 4.69) is 10.0 Å². The van der Waals surface area contributed by atoms with Crippen LogP contribution in [-0.4, -0.2) is 32.5 Å². The Hall–Kier alpha value is -0.500. The molecule has 1 heterocycles. The van der Waals surface area contributed by atoms with Gasteiger partial charge in [0.1, 0.15) is 5.76 Å². The van der Waals surface area contributed by atoms with Gasteiger partial charge in [0.15, 0.2) is 0 Å². The monoisotopic (exact) mass is 304 g/mol. The number of hydrogen-bond donors (Lipinski definition) is 2. The molecule has 0 atom stereocenters. The van der Waals surface area contributed by atoms with Crippen LogP contribution in [0.2, 0.25) is 0 Å². The van der Waals surface area contributed by atoms with Crippen molar-refractivity contribution in [3.05, 3.63) is 17.9 Å². The standard InChI is InChI=1S/C12H20N2O3S2/c1-3-13-8-10-4-5-11(17-10)19(15,16)14-9-12(18-2)6-7-12/h4-5,13-14H,3,6-9H2,1-2H3. The third kappa shape index (κ3) is 3.75. The zero-order valence-corrected chi connectivity index (χ0v) is 12.9. The summed E-state index contributed by atoms with van der Waals surface area (Å²) in [6.45, 7) is 3.82. The summed E-state index contributed by atoms with van der Waals surface area (Å²) < 4.78 is 32.2. The summed E-state index contributed by atoms with van der Waals surface area (Å²) >= 11 is 1.72. The second-order valence-corrected chi connectivity index (χ2v) is 7.68. The Balaban J connectivity index is 1.97. The molecule has 0 aliphatic heterocycles. The lowest BCUT2D eigenvalue weighted by Crippen LogP contribution is -2.31. The summed E-state index contributed by atoms with van der Waals surface area (Å²) in [6, 6.07) is 3.20. The van der Waals surface area contributed by atoms with Crippen molar-refractivity contribution >= 4 is 21.8 Å². The minimum atomic E-state index is -3.53. The first kappa shape index (κ1) is 14.9. The van der Waals surface area contributed by atoms with E-state index in [1.807, 2.05) is 13.2 Å². The number of thioether (sulfide) groups is 1. The molecule has 2 N–H and O–H groups in total. The normalized spacial score (nSPS) is 17.6. The first-order chi connectivity index (χ1) is 9.01. The SMILES string of the molecule is CCNCc1ccc(S(=O)(=O)NCC2(SC)CC2)o1. The molecule has 0 unspecified atom stereocenters. The minimum Gasteiger partial charge on any atom is -0.447 e. The van der Waals surface area contributed by atoms with Gasteiger partial charge >= 0.3 is 0 Å². The van der Waals surface area contributed by atoms with Crippen molar-refractivity contribution in [1.29, 1.82) is 0 Å². The summed E-state index contributed by atoms with van der Waals surface area (Å²) in [7, 11) is -3.53. The fourth-order valence-electron chi connectivity index (χ4n) is 1.74. The third-order valence-electron chi connectivity index (χ3n) is 3.28. The Kier molecular flexibility index (Phi) is 4.60. The lowest BCUT2D eigenvalue weighted by molar-refractivity contribution is 0.401. The topological polar surface area (TPSA) is 71.3 Å². The third-order valence-corrected chi connectivity index (χ3v) is 5.97. The summed E-state index contributed by atoms with van der Waals surface area (Å²) in [5.41, 5.74) is 0. The van der Waals surface area contributed by atoms with Crippen LogP contribution in [0.15, 0.2) is 21.6 Å². The fraction of sp³-hybridized carbons (Fsp3) is 0.667. The van der Waals surface area contributed by atoms with E-state index in [4.69, 9.17) is 4.42 Å². The van der Waals surface area contributed by atoms with Crippen LogP contribution in [0.25, 0.3) is 0 Å². The molecule has 1 aromatic rings. The maximum Gasteiger partial charge on any atom is 0.274 e. The van der Waals surface area contributed by atoms with E-state index in [9.17, 15) is 8.42 Å². The van der Waals surface area contributed by atoms with E-state index in [-0.39, 0.29) is 9.84 Å². The van der Waals surface area contributed by atoms with Gasteiger partial charge in [-0.25, -0.2) is 13.1 Å². The van der Waals surface area contributed by atoms with E-state index in [1.54, 1.807) is 17.8 Å². The van der Waals surface area contributed by atoms with Crippen LogP contribution in [-0.2, 0) is 16.6 Å². The number of furan rings is 1. The second-order valence-electron chi connectivity index (χ2n) is 4.71. The van der Waals surface area contributed by atoms with Crippen LogP contribution in [0.5, 0.6) is 0 Å². The Labute approximate surface area is 118 Å². The van der Waals surface area contributed by atoms with Crippen LogP contribution in [0.4, 0.5) is 0 Å². The Morgan fingerprint density at radius 3 is 2.74 bits per heavy atom. The van der Waals surface area contributed by atoms with Crippen molar-refractivity contribution in [3.8, 4) is 0 Å². The van der Waals surface area contributed by atoms with Crippen molar-refractivity contribution in [1.82, 2.24) is 10.0 Å². The molecule has 0 aromatic carbocycles. The predicted octanol–water partition coefficient (Wildman–Crippen LogP) is 1.56. The van der Waals surface area contributed by atoms with Gasteiger partial charge in [-0.3, -0.25) is 0 Å². The summed E-state index contributed by atoms with van der Waals surface area (Å²) in [6.07, 6.45) is 4.16. The molecule has 2 rings (SSSR count). The fourth-order valence-corrected chi connectivity index (χ4v) is 3.63. The zero-order valence-electron chi connectivity index (χ0n) is 11.2. The molecule has 0 amide bonds. The molecule has 7 heteroatoms. The van der Waals surface area contributed by atoms with Gasteiger partial charge in [-0.05, 0) is 37.8 Å². The molecular formula is C12H20N2O3S2. The lowest BCUT2D eigenvalue weighted by atomic mass is 10.4. The highest BCUT2D eigenvalue weighted by Crippen LogP contribution is 2.46. The first-order valence-corrected chi connectivity index (χ1v) is 9.06. The Morgan fingerprint density at radius 1 is 1.42 bits per heavy atom. The van der Waals surface area contributed by atoms with E-state index >= 15 is 0 Å². The van der Waals surface area contributed by atoms with Gasteiger partial charge < -0.3 is 9.73 Å². The highest BCUT2D eigenvalue weighted by molar-refractivity contribution is 8.00. The molecular weight excluding hydrogens is 284 g/mol. The number of hydrogen-bond acceptors (Lipinski definition) is 5. The van der Waals surface area contributed by atoms with Crippen LogP contribution < -0.4 is 10.0 Å². The van der Waals surface area contributed by atoms with E-state index in [0.717, 1.165) is 19.4 Å². The second kappa shape index (κ2) is 5.87. The molecule has 0 spiro atoms. The van der Waals surface area contributed by atoms with Crippen molar-refractivity contribution in [2.75, 3.05) is 19.3 Å². The van der Waals surface area contributed by atoms with Crippen molar-refractivity contribution < 1.29 is 12.8 Å². The largest absolute Gasteiger partial charge is 0.447 e. The average Bonchev–Trinajstić information content (AvgIpc) is 3.03. The number of nitrogens with one attached hydrogen (secondary N) is 2. The molecule has 19 heavy (non-hydrogen) atoms. The minimum absolute atomic E-state index is 0.00249. The Morgan fingerprint density at radius 2 is 2.16 bits per heavy atom. The van der Waals surface area contributed by atoms with Crippen LogP contribution in [0.1, 0.15) is 25.5 Å². The highest BCUT2D eigenvalue weighted by atomic mass is 32.2. The number of sulfonamides is 1. The zero-order chi connectivity index (χ0) is 13.9. The van der Waals surface area contributed by atoms with Crippen LogP contribution in [0, 0.1) is 0 Å². The van der Waals surface area contributed by atoms with Gasteiger partial charge in [-0.15, -0.1) is 0 Å². The molecule has 108 valence electrons. The van der Waals surface area contributed by atoms with E-state index in [0.29, 0.717) is 18.8 Å². The quantitative estimate of drug-likeness (QED) is 0.763. The number of rotatable bonds is 8. The van der Waals surface area contributed by atoms with Crippen molar-refractivity contribution in [3.63, 3.8) is 0 Å². The molecule has 1 aromatic heterocycles. The summed E-state index contributed by atoms with van der Waals surface area (Å²) in [5, 5.41) is 3.09. The van der Waals surface area contributed by atoms with Gasteiger partial charge in [0.05, 0.1) is 6.54 Å². The van der Waals surface area contributed by atoms with E-state index in [1.165, 1.54) is 6.07 Å². The van der Waals surface area contributed by atoms with Crippen LogP contribution >= 0.6 is 11.8 Å². The maximum absolute atomic E-state index is 12.1. The summed E-state index contributed by atoms with van der Waals surface area (Å²) in [4.78, 5) is 0. The average molecular weight is 304 g/mol. The first-order valence-electron chi connectivity index (χ1n) is 6.35. The molecule has 1 aliphatic rings. The molecule has 1 saturated carbocycles. The maximum atomic E-state index is 12.1. The predicted molar refractivity (Wildman–Crippen MR) is 76.8 cm³/mol. The molecule has 5 nitrogen and oxygen atoms in total. The smallest absolute Gasteiger partial charge is 0.274 e. The van der Waals surface area contributed by atoms with Gasteiger partial charge in [0.2, 0.25) is 5.09 Å².